The second-order valence-corrected chi connectivity index (χ2v) is 13.1. The van der Waals surface area contributed by atoms with Gasteiger partial charge in [0.15, 0.2) is 0 Å². The molecular formula is C14H23Co. The van der Waals surface area contributed by atoms with Gasteiger partial charge in [0.1, 0.15) is 0 Å². The molecule has 3 aliphatic rings. The van der Waals surface area contributed by atoms with Crippen LogP contribution in [-0.4, -0.2) is 0 Å². The molecule has 2 saturated heterocycles. The third-order valence-corrected chi connectivity index (χ3v) is 12.5. The van der Waals surface area contributed by atoms with E-state index in [1.807, 2.05) is 4.51 Å². The Bertz CT molecular complexity index is 407. The average molecular weight is 250 g/mol. The summed E-state index contributed by atoms with van der Waals surface area (Å²) in [6.07, 6.45) is 0. The molecule has 1 heteroatoms. The van der Waals surface area contributed by atoms with Gasteiger partial charge in [0.25, 0.3) is 0 Å². The van der Waals surface area contributed by atoms with Crippen LogP contribution in [0.2, 0.25) is 21.4 Å². The zero-order valence-electron chi connectivity index (χ0n) is 10.7. The summed E-state index contributed by atoms with van der Waals surface area (Å²) < 4.78 is 1.95. The van der Waals surface area contributed by atoms with Crippen LogP contribution in [0.25, 0.3) is 0 Å². The van der Waals surface area contributed by atoms with Crippen molar-refractivity contribution < 1.29 is 11.6 Å². The van der Waals surface area contributed by atoms with E-state index in [0.717, 1.165) is 0 Å². The zero-order chi connectivity index (χ0) is 11.1. The van der Waals surface area contributed by atoms with Crippen molar-refractivity contribution in [3.63, 3.8) is 0 Å². The van der Waals surface area contributed by atoms with E-state index >= 15 is 0 Å². The maximum absolute atomic E-state index is 2.47. The van der Waals surface area contributed by atoms with Crippen LogP contribution < -0.4 is 0 Å². The van der Waals surface area contributed by atoms with Crippen molar-refractivity contribution >= 4 is 0 Å². The number of hydrogen-bond donors (Lipinski definition) is 0. The quantitative estimate of drug-likeness (QED) is 0.612. The van der Waals surface area contributed by atoms with Crippen LogP contribution in [0.1, 0.15) is 34.6 Å². The molecule has 0 aromatic carbocycles. The topological polar surface area (TPSA) is 0 Å². The Kier molecular flexibility index (Phi) is 1.56. The molecule has 0 saturated carbocycles. The molecule has 2 aliphatic heterocycles. The third kappa shape index (κ3) is 0.950. The summed E-state index contributed by atoms with van der Waals surface area (Å²) in [5.41, 5.74) is 5.34. The summed E-state index contributed by atoms with van der Waals surface area (Å²) in [5, 5.41) is 6.39. The van der Waals surface area contributed by atoms with Crippen molar-refractivity contribution in [3.05, 3.63) is 21.2 Å². The zero-order valence-corrected chi connectivity index (χ0v) is 11.7. The van der Waals surface area contributed by atoms with Crippen LogP contribution in [-0.2, 0) is 11.6 Å². The fraction of sp³-hybridized carbons (Fsp3) is 0.714. The van der Waals surface area contributed by atoms with Gasteiger partial charge in [-0.1, -0.05) is 0 Å². The molecule has 3 rings (SSSR count). The van der Waals surface area contributed by atoms with E-state index < -0.39 is 11.6 Å². The van der Waals surface area contributed by atoms with Gasteiger partial charge in [-0.25, -0.2) is 0 Å². The number of allylic oxidation sites excluding steroid dienone is 4. The van der Waals surface area contributed by atoms with E-state index in [-0.39, 0.29) is 0 Å². The molecule has 2 fully saturated rings. The van der Waals surface area contributed by atoms with Crippen LogP contribution in [0.4, 0.5) is 0 Å². The number of hydrogen-bond acceptors (Lipinski definition) is 0. The first-order valence-corrected chi connectivity index (χ1v) is 9.32. The van der Waals surface area contributed by atoms with Gasteiger partial charge in [0.2, 0.25) is 0 Å². The predicted molar refractivity (Wildman–Crippen MR) is 64.1 cm³/mol. The molecule has 0 amide bonds. The molecule has 0 N–H and O–H groups in total. The molecule has 0 unspecified atom stereocenters. The van der Waals surface area contributed by atoms with Gasteiger partial charge in [-0.05, 0) is 0 Å². The fourth-order valence-corrected chi connectivity index (χ4v) is 12.2. The predicted octanol–water partition coefficient (Wildman–Crippen LogP) is 5.03. The van der Waals surface area contributed by atoms with E-state index in [4.69, 9.17) is 0 Å². The SMILES string of the molecule is CC1=C(C)C(C)(C)[C]([Co]23([CH2][CH2]2)[CH2][CH2]3)=C1C. The van der Waals surface area contributed by atoms with Crippen molar-refractivity contribution in [2.24, 2.45) is 5.41 Å². The normalized spacial score (nSPS) is 36.7. The van der Waals surface area contributed by atoms with Gasteiger partial charge in [0.05, 0.1) is 0 Å². The van der Waals surface area contributed by atoms with Crippen molar-refractivity contribution in [1.29, 1.82) is 0 Å². The van der Waals surface area contributed by atoms with Crippen molar-refractivity contribution in [2.75, 3.05) is 0 Å². The van der Waals surface area contributed by atoms with E-state index in [9.17, 15) is 0 Å². The molecule has 0 atom stereocenters. The standard InChI is InChI=1S/C10H15.2C2H4.Co/c1-7-6-10(4,5)9(3)8(7)2;2*1-2;/h1-5H3;2*1-2H2;. The summed E-state index contributed by atoms with van der Waals surface area (Å²) in [6.45, 7) is 12.0. The molecule has 0 aromatic heterocycles. The average Bonchev–Trinajstić information content (AvgIpc) is 3.05. The van der Waals surface area contributed by atoms with E-state index in [1.165, 1.54) is 0 Å². The van der Waals surface area contributed by atoms with E-state index in [0.29, 0.717) is 5.41 Å². The molecule has 1 spiro atoms. The van der Waals surface area contributed by atoms with Gasteiger partial charge in [0, 0.05) is 0 Å². The molecular weight excluding hydrogens is 227 g/mol. The molecule has 0 bridgehead atoms. The van der Waals surface area contributed by atoms with Gasteiger partial charge < -0.3 is 0 Å². The Morgan fingerprint density at radius 1 is 0.867 bits per heavy atom. The summed E-state index contributed by atoms with van der Waals surface area (Å²) in [7, 11) is 0. The summed E-state index contributed by atoms with van der Waals surface area (Å²) >= 11 is -1.12. The first kappa shape index (κ1) is 10.2. The van der Waals surface area contributed by atoms with E-state index in [1.54, 1.807) is 38.1 Å². The molecule has 15 heavy (non-hydrogen) atoms. The molecule has 0 nitrogen and oxygen atoms in total. The van der Waals surface area contributed by atoms with Crippen LogP contribution >= 0.6 is 0 Å². The Labute approximate surface area is 94.4 Å². The molecule has 1 aliphatic carbocycles. The first-order valence-electron chi connectivity index (χ1n) is 5.86. The number of rotatable bonds is 1. The van der Waals surface area contributed by atoms with Crippen LogP contribution in [0, 0.1) is 5.41 Å². The summed E-state index contributed by atoms with van der Waals surface area (Å²) in [5.74, 6) is 0. The monoisotopic (exact) mass is 250 g/mol. The van der Waals surface area contributed by atoms with Crippen molar-refractivity contribution in [1.82, 2.24) is 0 Å². The van der Waals surface area contributed by atoms with Gasteiger partial charge in [-0.2, -0.15) is 0 Å². The minimum atomic E-state index is -1.12. The minimum absolute atomic E-state index is 0.401. The van der Waals surface area contributed by atoms with Crippen molar-refractivity contribution in [2.45, 2.75) is 56.0 Å². The van der Waals surface area contributed by atoms with Gasteiger partial charge in [-0.3, -0.25) is 0 Å². The fourth-order valence-electron chi connectivity index (χ4n) is 3.35. The van der Waals surface area contributed by atoms with Crippen LogP contribution in [0.5, 0.6) is 0 Å². The summed E-state index contributed by atoms with van der Waals surface area (Å²) in [6, 6.07) is 0. The molecule has 2 heterocycles. The Balaban J connectivity index is 2.19. The summed E-state index contributed by atoms with van der Waals surface area (Å²) in [4.78, 5) is 0. The second kappa shape index (κ2) is 2.31. The first-order chi connectivity index (χ1) is 6.83. The Morgan fingerprint density at radius 3 is 1.60 bits per heavy atom. The molecule has 0 aromatic rings. The van der Waals surface area contributed by atoms with Gasteiger partial charge in [-0.15, -0.1) is 0 Å². The Hall–Kier alpha value is -0.0135. The Morgan fingerprint density at radius 2 is 1.33 bits per heavy atom. The maximum atomic E-state index is 2.47. The van der Waals surface area contributed by atoms with E-state index in [2.05, 4.69) is 34.6 Å². The van der Waals surface area contributed by atoms with Crippen LogP contribution in [0.3, 0.4) is 0 Å². The molecule has 0 radical (unpaired) electrons. The molecule has 88 valence electrons. The second-order valence-electron chi connectivity index (χ2n) is 5.93. The van der Waals surface area contributed by atoms with Gasteiger partial charge >= 0.3 is 94.3 Å². The van der Waals surface area contributed by atoms with Crippen molar-refractivity contribution in [3.8, 4) is 0 Å². The third-order valence-electron chi connectivity index (χ3n) is 4.98. The van der Waals surface area contributed by atoms with Crippen LogP contribution in [0.15, 0.2) is 21.2 Å².